The van der Waals surface area contributed by atoms with E-state index in [2.05, 4.69) is 52.1 Å². The van der Waals surface area contributed by atoms with Gasteiger partial charge in [-0.3, -0.25) is 4.99 Å². The average molecular weight is 343 g/mol. The lowest BCUT2D eigenvalue weighted by Crippen LogP contribution is -2.42. The molecular formula is C16H30N4O2S. The first-order valence-corrected chi connectivity index (χ1v) is 8.78. The second-order valence-electron chi connectivity index (χ2n) is 5.33. The topological polar surface area (TPSA) is 58.1 Å². The Morgan fingerprint density at radius 2 is 2.13 bits per heavy atom. The minimum atomic E-state index is 0.339. The number of ether oxygens (including phenoxy) is 2. The number of thiophene rings is 1. The van der Waals surface area contributed by atoms with Crippen LogP contribution in [0.15, 0.2) is 22.5 Å². The van der Waals surface area contributed by atoms with E-state index in [0.29, 0.717) is 19.3 Å². The van der Waals surface area contributed by atoms with Crippen LogP contribution >= 0.6 is 11.3 Å². The van der Waals surface area contributed by atoms with Crippen molar-refractivity contribution in [2.24, 2.45) is 4.99 Å². The quantitative estimate of drug-likeness (QED) is 0.363. The van der Waals surface area contributed by atoms with Crippen molar-refractivity contribution in [3.8, 4) is 0 Å². The van der Waals surface area contributed by atoms with Crippen molar-refractivity contribution < 1.29 is 9.47 Å². The van der Waals surface area contributed by atoms with Crippen LogP contribution in [0.5, 0.6) is 0 Å². The molecule has 1 heterocycles. The van der Waals surface area contributed by atoms with E-state index in [1.165, 1.54) is 4.88 Å². The number of rotatable bonds is 11. The Morgan fingerprint density at radius 1 is 1.30 bits per heavy atom. The molecule has 0 saturated carbocycles. The molecule has 0 radical (unpaired) electrons. The second kappa shape index (κ2) is 12.3. The van der Waals surface area contributed by atoms with Gasteiger partial charge >= 0.3 is 0 Å². The molecule has 2 N–H and O–H groups in total. The number of nitrogens with zero attached hydrogens (tertiary/aromatic N) is 2. The Hall–Kier alpha value is -1.15. The first-order valence-electron chi connectivity index (χ1n) is 7.90. The molecule has 1 atom stereocenters. The molecule has 0 aromatic carbocycles. The van der Waals surface area contributed by atoms with Gasteiger partial charge in [-0.05, 0) is 32.0 Å². The fraction of sp³-hybridized carbons (Fsp3) is 0.688. The number of likely N-dealkylation sites (N-methyl/N-ethyl adjacent to an activating group) is 1. The van der Waals surface area contributed by atoms with Gasteiger partial charge in [-0.15, -0.1) is 11.3 Å². The van der Waals surface area contributed by atoms with Crippen molar-refractivity contribution in [1.29, 1.82) is 0 Å². The molecule has 0 saturated heterocycles. The van der Waals surface area contributed by atoms with Crippen molar-refractivity contribution in [1.82, 2.24) is 15.5 Å². The van der Waals surface area contributed by atoms with Crippen LogP contribution in [0.1, 0.15) is 17.3 Å². The summed E-state index contributed by atoms with van der Waals surface area (Å²) in [4.78, 5) is 7.84. The maximum atomic E-state index is 5.44. The lowest BCUT2D eigenvalue weighted by Gasteiger charge is -2.24. The zero-order valence-corrected chi connectivity index (χ0v) is 15.5. The first kappa shape index (κ1) is 19.9. The number of hydrogen-bond acceptors (Lipinski definition) is 5. The summed E-state index contributed by atoms with van der Waals surface area (Å²) in [6, 6.07) is 4.60. The lowest BCUT2D eigenvalue weighted by molar-refractivity contribution is 0.0698. The van der Waals surface area contributed by atoms with Gasteiger partial charge < -0.3 is 25.0 Å². The molecule has 0 aliphatic rings. The van der Waals surface area contributed by atoms with Crippen LogP contribution in [0.4, 0.5) is 0 Å². The number of guanidine groups is 1. The second-order valence-corrected chi connectivity index (χ2v) is 6.31. The van der Waals surface area contributed by atoms with Crippen molar-refractivity contribution in [2.45, 2.75) is 12.5 Å². The highest BCUT2D eigenvalue weighted by Gasteiger charge is 2.15. The molecule has 0 aliphatic carbocycles. The molecule has 1 aromatic heterocycles. The summed E-state index contributed by atoms with van der Waals surface area (Å²) < 4.78 is 10.4. The van der Waals surface area contributed by atoms with E-state index < -0.39 is 0 Å². The predicted molar refractivity (Wildman–Crippen MR) is 97.4 cm³/mol. The highest BCUT2D eigenvalue weighted by Crippen LogP contribution is 2.22. The Morgan fingerprint density at radius 3 is 2.74 bits per heavy atom. The molecule has 1 aromatic rings. The summed E-state index contributed by atoms with van der Waals surface area (Å²) in [6.07, 6.45) is 0.937. The SMILES string of the molecule is CN=C(NCCCOCCOC)NCC(c1cccs1)N(C)C. The predicted octanol–water partition coefficient (Wildman–Crippen LogP) is 1.57. The minimum Gasteiger partial charge on any atom is -0.382 e. The van der Waals surface area contributed by atoms with Gasteiger partial charge in [0.05, 0.1) is 19.3 Å². The van der Waals surface area contributed by atoms with Crippen LogP contribution in [0.3, 0.4) is 0 Å². The van der Waals surface area contributed by atoms with Crippen LogP contribution in [-0.4, -0.2) is 72.0 Å². The highest BCUT2D eigenvalue weighted by molar-refractivity contribution is 7.10. The van der Waals surface area contributed by atoms with Crippen LogP contribution < -0.4 is 10.6 Å². The third-order valence-corrected chi connectivity index (χ3v) is 4.34. The maximum absolute atomic E-state index is 5.44. The molecule has 0 amide bonds. The summed E-state index contributed by atoms with van der Waals surface area (Å²) >= 11 is 1.78. The van der Waals surface area contributed by atoms with Gasteiger partial charge in [-0.25, -0.2) is 0 Å². The Bertz CT molecular complexity index is 424. The normalized spacial score (nSPS) is 13.3. The fourth-order valence-electron chi connectivity index (χ4n) is 2.06. The number of methoxy groups -OCH3 is 1. The molecule has 132 valence electrons. The van der Waals surface area contributed by atoms with Gasteiger partial charge in [0.25, 0.3) is 0 Å². The largest absolute Gasteiger partial charge is 0.382 e. The van der Waals surface area contributed by atoms with E-state index in [9.17, 15) is 0 Å². The third-order valence-electron chi connectivity index (χ3n) is 3.37. The summed E-state index contributed by atoms with van der Waals surface area (Å²) in [6.45, 7) is 3.67. The number of nitrogens with one attached hydrogen (secondary N) is 2. The minimum absolute atomic E-state index is 0.339. The van der Waals surface area contributed by atoms with E-state index in [1.807, 2.05) is 0 Å². The van der Waals surface area contributed by atoms with Gasteiger partial charge in [-0.2, -0.15) is 0 Å². The van der Waals surface area contributed by atoms with Crippen LogP contribution in [0.25, 0.3) is 0 Å². The Labute approximate surface area is 143 Å². The molecule has 0 aliphatic heterocycles. The van der Waals surface area contributed by atoms with Gasteiger partial charge in [0.15, 0.2) is 5.96 Å². The fourth-order valence-corrected chi connectivity index (χ4v) is 2.98. The molecule has 7 heteroatoms. The number of aliphatic imine (C=N–C) groups is 1. The van der Waals surface area contributed by atoms with Crippen molar-refractivity contribution in [3.63, 3.8) is 0 Å². The first-order chi connectivity index (χ1) is 11.2. The Balaban J connectivity index is 2.25. The van der Waals surface area contributed by atoms with E-state index in [4.69, 9.17) is 9.47 Å². The molecule has 0 fully saturated rings. The lowest BCUT2D eigenvalue weighted by atomic mass is 10.2. The standard InChI is InChI=1S/C16H30N4O2S/c1-17-16(18-8-6-9-22-11-10-21-4)19-13-14(20(2)3)15-7-5-12-23-15/h5,7,12,14H,6,8-11,13H2,1-4H3,(H2,17,18,19). The van der Waals surface area contributed by atoms with E-state index in [1.54, 1.807) is 25.5 Å². The van der Waals surface area contributed by atoms with Crippen molar-refractivity contribution in [3.05, 3.63) is 22.4 Å². The highest BCUT2D eigenvalue weighted by atomic mass is 32.1. The molecule has 0 spiro atoms. The van der Waals surface area contributed by atoms with Crippen LogP contribution in [0.2, 0.25) is 0 Å². The van der Waals surface area contributed by atoms with E-state index in [-0.39, 0.29) is 0 Å². The van der Waals surface area contributed by atoms with E-state index in [0.717, 1.165) is 32.1 Å². The molecule has 23 heavy (non-hydrogen) atoms. The molecular weight excluding hydrogens is 312 g/mol. The monoisotopic (exact) mass is 342 g/mol. The third kappa shape index (κ3) is 8.31. The van der Waals surface area contributed by atoms with Gasteiger partial charge in [0.2, 0.25) is 0 Å². The summed E-state index contributed by atoms with van der Waals surface area (Å²) in [5.74, 6) is 0.824. The summed E-state index contributed by atoms with van der Waals surface area (Å²) in [5.41, 5.74) is 0. The average Bonchev–Trinajstić information content (AvgIpc) is 3.06. The zero-order chi connectivity index (χ0) is 16.9. The maximum Gasteiger partial charge on any atom is 0.191 e. The van der Waals surface area contributed by atoms with Gasteiger partial charge in [0.1, 0.15) is 0 Å². The molecule has 1 rings (SSSR count). The smallest absolute Gasteiger partial charge is 0.191 e. The van der Waals surface area contributed by atoms with Gasteiger partial charge in [0, 0.05) is 38.7 Å². The molecule has 1 unspecified atom stereocenters. The summed E-state index contributed by atoms with van der Waals surface area (Å²) in [5, 5.41) is 8.82. The Kier molecular flexibility index (Phi) is 10.6. The number of hydrogen-bond donors (Lipinski definition) is 2. The van der Waals surface area contributed by atoms with E-state index >= 15 is 0 Å². The molecule has 6 nitrogen and oxygen atoms in total. The zero-order valence-electron chi connectivity index (χ0n) is 14.7. The summed E-state index contributed by atoms with van der Waals surface area (Å²) in [7, 11) is 7.66. The van der Waals surface area contributed by atoms with Gasteiger partial charge in [-0.1, -0.05) is 6.07 Å². The van der Waals surface area contributed by atoms with Crippen LogP contribution in [-0.2, 0) is 9.47 Å². The van der Waals surface area contributed by atoms with Crippen molar-refractivity contribution in [2.75, 3.05) is 61.2 Å². The molecule has 0 bridgehead atoms. The van der Waals surface area contributed by atoms with Crippen LogP contribution in [0, 0.1) is 0 Å². The van der Waals surface area contributed by atoms with Crippen molar-refractivity contribution >= 4 is 17.3 Å².